The van der Waals surface area contributed by atoms with Gasteiger partial charge in [-0.25, -0.2) is 9.97 Å². The Balaban J connectivity index is 1.36. The number of benzene rings is 1. The summed E-state index contributed by atoms with van der Waals surface area (Å²) in [7, 11) is 0. The molecular weight excluding hydrogens is 450 g/mol. The van der Waals surface area contributed by atoms with E-state index in [2.05, 4.69) is 20.9 Å². The average molecular weight is 474 g/mol. The van der Waals surface area contributed by atoms with E-state index in [0.717, 1.165) is 63.0 Å². The fourth-order valence-corrected chi connectivity index (χ4v) is 5.85. The molecule has 0 spiro atoms. The maximum Gasteiger partial charge on any atom is 0.264 e. The average Bonchev–Trinajstić information content (AvgIpc) is 3.48. The molecule has 9 heteroatoms. The second-order valence-electron chi connectivity index (χ2n) is 7.82. The van der Waals surface area contributed by atoms with Crippen LogP contribution in [0.4, 0.5) is 11.5 Å². The third kappa shape index (κ3) is 4.21. The monoisotopic (exact) mass is 473 g/mol. The van der Waals surface area contributed by atoms with Crippen molar-refractivity contribution in [1.82, 2.24) is 14.9 Å². The van der Waals surface area contributed by atoms with Crippen LogP contribution in [0.25, 0.3) is 10.2 Å². The van der Waals surface area contributed by atoms with Gasteiger partial charge in [-0.15, -0.1) is 11.3 Å². The molecular formula is C22H24ClN5OS2. The van der Waals surface area contributed by atoms with Gasteiger partial charge in [-0.05, 0) is 43.4 Å². The van der Waals surface area contributed by atoms with E-state index in [-0.39, 0.29) is 5.91 Å². The van der Waals surface area contributed by atoms with Crippen molar-refractivity contribution in [3.8, 4) is 0 Å². The summed E-state index contributed by atoms with van der Waals surface area (Å²) in [5.74, 6) is 1.07. The molecule has 2 aromatic heterocycles. The van der Waals surface area contributed by atoms with Crippen LogP contribution in [-0.2, 0) is 0 Å². The lowest BCUT2D eigenvalue weighted by Gasteiger charge is -2.36. The molecule has 2 aliphatic heterocycles. The molecule has 1 aromatic carbocycles. The molecule has 162 valence electrons. The van der Waals surface area contributed by atoms with Gasteiger partial charge in [0.25, 0.3) is 5.91 Å². The predicted octanol–water partition coefficient (Wildman–Crippen LogP) is 4.63. The van der Waals surface area contributed by atoms with Crippen LogP contribution in [0.3, 0.4) is 0 Å². The van der Waals surface area contributed by atoms with Crippen LogP contribution in [0.15, 0.2) is 35.5 Å². The zero-order valence-corrected chi connectivity index (χ0v) is 19.8. The first-order chi connectivity index (χ1) is 15.1. The Bertz CT molecular complexity index is 1110. The van der Waals surface area contributed by atoms with Crippen LogP contribution in [0.5, 0.6) is 0 Å². The first kappa shape index (κ1) is 20.8. The van der Waals surface area contributed by atoms with E-state index in [9.17, 15) is 4.79 Å². The molecule has 0 unspecified atom stereocenters. The van der Waals surface area contributed by atoms with Crippen LogP contribution in [0.2, 0.25) is 5.02 Å². The minimum absolute atomic E-state index is 0.0896. The van der Waals surface area contributed by atoms with Crippen molar-refractivity contribution in [2.24, 2.45) is 0 Å². The maximum absolute atomic E-state index is 13.3. The molecule has 1 amide bonds. The van der Waals surface area contributed by atoms with Crippen molar-refractivity contribution in [1.29, 1.82) is 0 Å². The number of anilines is 2. The molecule has 0 aliphatic carbocycles. The van der Waals surface area contributed by atoms with Gasteiger partial charge >= 0.3 is 0 Å². The number of thioether (sulfide) groups is 1. The largest absolute Gasteiger partial charge is 0.368 e. The summed E-state index contributed by atoms with van der Waals surface area (Å²) in [6.07, 6.45) is 4.37. The number of aromatic nitrogens is 2. The zero-order chi connectivity index (χ0) is 21.4. The van der Waals surface area contributed by atoms with E-state index in [0.29, 0.717) is 13.1 Å². The number of halogens is 1. The van der Waals surface area contributed by atoms with Crippen molar-refractivity contribution >= 4 is 62.3 Å². The van der Waals surface area contributed by atoms with Gasteiger partial charge in [-0.2, -0.15) is 0 Å². The summed E-state index contributed by atoms with van der Waals surface area (Å²) >= 11 is 9.17. The van der Waals surface area contributed by atoms with Gasteiger partial charge in [0.2, 0.25) is 0 Å². The molecule has 2 fully saturated rings. The fraction of sp³-hybridized carbons (Fsp3) is 0.409. The molecule has 0 bridgehead atoms. The predicted molar refractivity (Wildman–Crippen MR) is 130 cm³/mol. The molecule has 6 nitrogen and oxygen atoms in total. The summed E-state index contributed by atoms with van der Waals surface area (Å²) in [5.41, 5.74) is 1.11. The summed E-state index contributed by atoms with van der Waals surface area (Å²) in [5, 5.41) is 2.51. The van der Waals surface area contributed by atoms with Gasteiger partial charge < -0.3 is 14.7 Å². The quantitative estimate of drug-likeness (QED) is 0.407. The second kappa shape index (κ2) is 8.84. The number of hydrogen-bond acceptors (Lipinski definition) is 7. The van der Waals surface area contributed by atoms with Crippen molar-refractivity contribution < 1.29 is 4.79 Å². The molecule has 0 saturated carbocycles. The van der Waals surface area contributed by atoms with Crippen molar-refractivity contribution in [3.05, 3.63) is 40.2 Å². The number of thiophene rings is 1. The van der Waals surface area contributed by atoms with Crippen LogP contribution in [0.1, 0.15) is 22.5 Å². The van der Waals surface area contributed by atoms with Crippen LogP contribution >= 0.6 is 34.7 Å². The first-order valence-electron chi connectivity index (χ1n) is 10.5. The van der Waals surface area contributed by atoms with Gasteiger partial charge in [0.05, 0.1) is 10.3 Å². The topological polar surface area (TPSA) is 52.6 Å². The number of rotatable bonds is 4. The summed E-state index contributed by atoms with van der Waals surface area (Å²) in [6, 6.07) is 9.90. The lowest BCUT2D eigenvalue weighted by Crippen LogP contribution is -2.48. The summed E-state index contributed by atoms with van der Waals surface area (Å²) < 4.78 is 0. The molecule has 2 saturated heterocycles. The fourth-order valence-electron chi connectivity index (χ4n) is 4.25. The minimum Gasteiger partial charge on any atom is -0.368 e. The Hall–Kier alpha value is -2.03. The van der Waals surface area contributed by atoms with Crippen LogP contribution < -0.4 is 9.80 Å². The van der Waals surface area contributed by atoms with Gasteiger partial charge in [0.15, 0.2) is 5.16 Å². The van der Waals surface area contributed by atoms with Crippen LogP contribution in [0, 0.1) is 0 Å². The highest BCUT2D eigenvalue weighted by atomic mass is 35.5. The van der Waals surface area contributed by atoms with E-state index in [1.807, 2.05) is 35.4 Å². The lowest BCUT2D eigenvalue weighted by molar-refractivity contribution is 0.0751. The third-order valence-electron chi connectivity index (χ3n) is 5.89. The van der Waals surface area contributed by atoms with Crippen molar-refractivity contribution in [2.75, 3.05) is 55.3 Å². The molecule has 5 rings (SSSR count). The molecule has 4 heterocycles. The highest BCUT2D eigenvalue weighted by Gasteiger charge is 2.26. The van der Waals surface area contributed by atoms with Crippen LogP contribution in [-0.4, -0.2) is 66.3 Å². The number of nitrogens with zero attached hydrogens (tertiary/aromatic N) is 5. The normalized spacial score (nSPS) is 17.0. The van der Waals surface area contributed by atoms with E-state index in [1.54, 1.807) is 11.8 Å². The first-order valence-corrected chi connectivity index (χ1v) is 12.9. The van der Waals surface area contributed by atoms with Crippen molar-refractivity contribution in [2.45, 2.75) is 18.0 Å². The number of fused-ring (bicyclic) bond motifs is 1. The summed E-state index contributed by atoms with van der Waals surface area (Å²) in [6.45, 7) is 5.02. The number of hydrogen-bond donors (Lipinski definition) is 0. The van der Waals surface area contributed by atoms with Gasteiger partial charge in [0, 0.05) is 50.0 Å². The minimum atomic E-state index is 0.0896. The van der Waals surface area contributed by atoms with Crippen molar-refractivity contribution in [3.63, 3.8) is 0 Å². The van der Waals surface area contributed by atoms with E-state index < -0.39 is 0 Å². The number of carbonyl (C=O) groups excluding carboxylic acids is 1. The number of carbonyl (C=O) groups is 1. The second-order valence-corrected chi connectivity index (χ2v) is 10.1. The SMILES string of the molecule is CSc1nc(N2CCCC2)c2cc(C(=O)N3CCN(c4cccc(Cl)c4)CC3)sc2n1. The summed E-state index contributed by atoms with van der Waals surface area (Å²) in [4.78, 5) is 31.0. The maximum atomic E-state index is 13.3. The van der Waals surface area contributed by atoms with E-state index in [1.165, 1.54) is 24.2 Å². The molecule has 2 aliphatic rings. The Kier molecular flexibility index (Phi) is 5.95. The van der Waals surface area contributed by atoms with E-state index in [4.69, 9.17) is 16.6 Å². The number of amides is 1. The standard InChI is InChI=1S/C22H24ClN5OS2/c1-30-22-24-19(27-7-2-3-8-27)17-14-18(31-20(17)25-22)21(29)28-11-9-26(10-12-28)16-6-4-5-15(23)13-16/h4-6,13-14H,2-3,7-12H2,1H3. The Morgan fingerprint density at radius 3 is 2.52 bits per heavy atom. The smallest absolute Gasteiger partial charge is 0.264 e. The molecule has 0 radical (unpaired) electrons. The van der Waals surface area contributed by atoms with Gasteiger partial charge in [-0.3, -0.25) is 4.79 Å². The highest BCUT2D eigenvalue weighted by molar-refractivity contribution is 7.98. The van der Waals surface area contributed by atoms with Gasteiger partial charge in [-0.1, -0.05) is 29.4 Å². The van der Waals surface area contributed by atoms with Gasteiger partial charge in [0.1, 0.15) is 10.6 Å². The Morgan fingerprint density at radius 2 is 1.81 bits per heavy atom. The zero-order valence-electron chi connectivity index (χ0n) is 17.4. The number of piperazine rings is 1. The third-order valence-corrected chi connectivity index (χ3v) is 7.69. The molecule has 0 atom stereocenters. The lowest BCUT2D eigenvalue weighted by atomic mass is 10.2. The molecule has 0 N–H and O–H groups in total. The Labute approximate surface area is 195 Å². The molecule has 3 aromatic rings. The molecule has 31 heavy (non-hydrogen) atoms. The van der Waals surface area contributed by atoms with E-state index >= 15 is 0 Å². The Morgan fingerprint density at radius 1 is 1.03 bits per heavy atom. The highest BCUT2D eigenvalue weighted by Crippen LogP contribution is 2.35.